The van der Waals surface area contributed by atoms with Gasteiger partial charge in [-0.2, -0.15) is 0 Å². The van der Waals surface area contributed by atoms with Gasteiger partial charge in [-0.15, -0.1) is 0 Å². The first kappa shape index (κ1) is 11.8. The molecule has 0 saturated heterocycles. The first-order chi connectivity index (χ1) is 8.74. The van der Waals surface area contributed by atoms with Crippen molar-refractivity contribution < 1.29 is 0 Å². The molecule has 0 heterocycles. The predicted octanol–water partition coefficient (Wildman–Crippen LogP) is 5.92. The van der Waals surface area contributed by atoms with Crippen molar-refractivity contribution >= 4 is 38.3 Å². The zero-order valence-corrected chi connectivity index (χ0v) is 11.9. The Bertz CT molecular complexity index is 719. The van der Waals surface area contributed by atoms with E-state index in [-0.39, 0.29) is 0 Å². The molecule has 0 atom stereocenters. The summed E-state index contributed by atoms with van der Waals surface area (Å²) in [5, 5.41) is 3.24. The molecule has 0 aliphatic carbocycles. The topological polar surface area (TPSA) is 0 Å². The fourth-order valence-corrected chi connectivity index (χ4v) is 2.72. The summed E-state index contributed by atoms with van der Waals surface area (Å²) in [5.74, 6) is 0. The highest BCUT2D eigenvalue weighted by Gasteiger charge is 2.04. The van der Waals surface area contributed by atoms with E-state index < -0.39 is 0 Å². The van der Waals surface area contributed by atoms with Crippen molar-refractivity contribution in [2.45, 2.75) is 0 Å². The van der Waals surface area contributed by atoms with Crippen LogP contribution in [0, 0.1) is 0 Å². The van der Waals surface area contributed by atoms with Crippen LogP contribution in [0.4, 0.5) is 0 Å². The normalized spacial score (nSPS) is 10.8. The maximum absolute atomic E-state index is 6.06. The van der Waals surface area contributed by atoms with Gasteiger partial charge in [0.05, 0.1) is 0 Å². The molecule has 2 heteroatoms. The van der Waals surface area contributed by atoms with E-state index in [9.17, 15) is 0 Å². The Kier molecular flexibility index (Phi) is 3.11. The van der Waals surface area contributed by atoms with Gasteiger partial charge in [0.2, 0.25) is 0 Å². The number of hydrogen-bond acceptors (Lipinski definition) is 0. The molecule has 88 valence electrons. The SMILES string of the molecule is Clc1ccc(Br)c(-c2ccc3ccccc3c2)c1. The second kappa shape index (κ2) is 4.75. The second-order valence-corrected chi connectivity index (χ2v) is 5.48. The van der Waals surface area contributed by atoms with Crippen molar-refractivity contribution in [2.24, 2.45) is 0 Å². The molecule has 0 unspecified atom stereocenters. The fraction of sp³-hybridized carbons (Fsp3) is 0. The van der Waals surface area contributed by atoms with Crippen molar-refractivity contribution in [2.75, 3.05) is 0 Å². The molecule has 18 heavy (non-hydrogen) atoms. The van der Waals surface area contributed by atoms with E-state index in [1.807, 2.05) is 18.2 Å². The highest BCUT2D eigenvalue weighted by Crippen LogP contribution is 2.32. The predicted molar refractivity (Wildman–Crippen MR) is 82.1 cm³/mol. The summed E-state index contributed by atoms with van der Waals surface area (Å²) in [5.41, 5.74) is 2.29. The van der Waals surface area contributed by atoms with E-state index in [4.69, 9.17) is 11.6 Å². The van der Waals surface area contributed by atoms with Gasteiger partial charge < -0.3 is 0 Å². The lowest BCUT2D eigenvalue weighted by Gasteiger charge is -2.07. The molecule has 0 aromatic heterocycles. The maximum Gasteiger partial charge on any atom is 0.0412 e. The number of rotatable bonds is 1. The zero-order chi connectivity index (χ0) is 12.5. The molecule has 3 rings (SSSR count). The Labute approximate surface area is 119 Å². The van der Waals surface area contributed by atoms with Crippen LogP contribution < -0.4 is 0 Å². The Balaban J connectivity index is 2.22. The Hall–Kier alpha value is -1.31. The summed E-state index contributed by atoms with van der Waals surface area (Å²) in [6.07, 6.45) is 0. The van der Waals surface area contributed by atoms with Gasteiger partial charge in [0.25, 0.3) is 0 Å². The van der Waals surface area contributed by atoms with E-state index in [2.05, 4.69) is 58.4 Å². The van der Waals surface area contributed by atoms with Crippen molar-refractivity contribution in [3.8, 4) is 11.1 Å². The van der Waals surface area contributed by atoms with Gasteiger partial charge in [0.1, 0.15) is 0 Å². The summed E-state index contributed by atoms with van der Waals surface area (Å²) in [4.78, 5) is 0. The highest BCUT2D eigenvalue weighted by molar-refractivity contribution is 9.10. The molecule has 0 aliphatic rings. The standard InChI is InChI=1S/C16H10BrCl/c17-16-8-7-14(18)10-15(16)13-6-5-11-3-1-2-4-12(11)9-13/h1-10H. The molecule has 0 saturated carbocycles. The summed E-state index contributed by atoms with van der Waals surface area (Å²) in [7, 11) is 0. The molecule has 0 fully saturated rings. The first-order valence-corrected chi connectivity index (χ1v) is 6.85. The third kappa shape index (κ3) is 2.16. The average molecular weight is 318 g/mol. The summed E-state index contributed by atoms with van der Waals surface area (Å²) < 4.78 is 1.06. The minimum atomic E-state index is 0.751. The molecule has 0 spiro atoms. The van der Waals surface area contributed by atoms with Gasteiger partial charge in [-0.1, -0.05) is 63.9 Å². The van der Waals surface area contributed by atoms with E-state index in [0.29, 0.717) is 0 Å². The van der Waals surface area contributed by atoms with Crippen LogP contribution in [0.25, 0.3) is 21.9 Å². The molecule has 3 aromatic carbocycles. The van der Waals surface area contributed by atoms with Crippen LogP contribution in [-0.2, 0) is 0 Å². The molecular weight excluding hydrogens is 308 g/mol. The van der Waals surface area contributed by atoms with Gasteiger partial charge in [-0.25, -0.2) is 0 Å². The van der Waals surface area contributed by atoms with Crippen LogP contribution >= 0.6 is 27.5 Å². The number of fused-ring (bicyclic) bond motifs is 1. The van der Waals surface area contributed by atoms with Gasteiger partial charge in [-0.05, 0) is 46.2 Å². The summed E-state index contributed by atoms with van der Waals surface area (Å²) in [6, 6.07) is 20.6. The van der Waals surface area contributed by atoms with Gasteiger partial charge >= 0.3 is 0 Å². The average Bonchev–Trinajstić information content (AvgIpc) is 2.41. The summed E-state index contributed by atoms with van der Waals surface area (Å²) >= 11 is 9.64. The first-order valence-electron chi connectivity index (χ1n) is 5.68. The number of benzene rings is 3. The number of hydrogen-bond donors (Lipinski definition) is 0. The Morgan fingerprint density at radius 1 is 0.778 bits per heavy atom. The van der Waals surface area contributed by atoms with Crippen molar-refractivity contribution in [3.63, 3.8) is 0 Å². The lowest BCUT2D eigenvalue weighted by molar-refractivity contribution is 1.60. The molecule has 0 radical (unpaired) electrons. The molecule has 0 aliphatic heterocycles. The molecule has 0 nitrogen and oxygen atoms in total. The highest BCUT2D eigenvalue weighted by atomic mass is 79.9. The largest absolute Gasteiger partial charge is 0.0843 e. The van der Waals surface area contributed by atoms with Crippen molar-refractivity contribution in [1.29, 1.82) is 0 Å². The monoisotopic (exact) mass is 316 g/mol. The molecular formula is C16H10BrCl. The van der Waals surface area contributed by atoms with E-state index >= 15 is 0 Å². The lowest BCUT2D eigenvalue weighted by Crippen LogP contribution is -1.81. The Morgan fingerprint density at radius 3 is 2.39 bits per heavy atom. The van der Waals surface area contributed by atoms with Crippen LogP contribution in [0.1, 0.15) is 0 Å². The van der Waals surface area contributed by atoms with Crippen LogP contribution in [0.15, 0.2) is 65.1 Å². The third-order valence-corrected chi connectivity index (χ3v) is 3.92. The minimum Gasteiger partial charge on any atom is -0.0843 e. The maximum atomic E-state index is 6.06. The van der Waals surface area contributed by atoms with Crippen molar-refractivity contribution in [1.82, 2.24) is 0 Å². The van der Waals surface area contributed by atoms with Gasteiger partial charge in [0.15, 0.2) is 0 Å². The van der Waals surface area contributed by atoms with E-state index in [1.54, 1.807) is 0 Å². The van der Waals surface area contributed by atoms with Crippen LogP contribution in [0.3, 0.4) is 0 Å². The fourth-order valence-electron chi connectivity index (χ4n) is 2.08. The smallest absolute Gasteiger partial charge is 0.0412 e. The molecule has 0 bridgehead atoms. The van der Waals surface area contributed by atoms with E-state index in [0.717, 1.165) is 15.1 Å². The minimum absolute atomic E-state index is 0.751. The molecule has 0 amide bonds. The van der Waals surface area contributed by atoms with E-state index in [1.165, 1.54) is 16.3 Å². The van der Waals surface area contributed by atoms with Gasteiger partial charge in [-0.3, -0.25) is 0 Å². The van der Waals surface area contributed by atoms with Crippen LogP contribution in [-0.4, -0.2) is 0 Å². The number of halogens is 2. The third-order valence-electron chi connectivity index (χ3n) is 2.99. The second-order valence-electron chi connectivity index (χ2n) is 4.19. The van der Waals surface area contributed by atoms with Crippen molar-refractivity contribution in [3.05, 3.63) is 70.2 Å². The van der Waals surface area contributed by atoms with Crippen LogP contribution in [0.5, 0.6) is 0 Å². The van der Waals surface area contributed by atoms with Gasteiger partial charge in [0, 0.05) is 9.50 Å². The zero-order valence-electron chi connectivity index (χ0n) is 9.53. The molecule has 0 N–H and O–H groups in total. The molecule has 3 aromatic rings. The quantitative estimate of drug-likeness (QED) is 0.522. The summed E-state index contributed by atoms with van der Waals surface area (Å²) in [6.45, 7) is 0. The lowest BCUT2D eigenvalue weighted by atomic mass is 10.0. The van der Waals surface area contributed by atoms with Crippen LogP contribution in [0.2, 0.25) is 5.02 Å². The Morgan fingerprint density at radius 2 is 1.56 bits per heavy atom.